The smallest absolute Gasteiger partial charge is 0.236 e. The number of hydrogen-bond acceptors (Lipinski definition) is 5. The molecule has 1 aromatic heterocycles. The Morgan fingerprint density at radius 1 is 0.800 bits per heavy atom. The summed E-state index contributed by atoms with van der Waals surface area (Å²) in [7, 11) is 0. The molecule has 2 saturated heterocycles. The lowest BCUT2D eigenvalue weighted by Gasteiger charge is -2.36. The minimum atomic E-state index is 0.118. The third-order valence-corrected chi connectivity index (χ3v) is 5.75. The molecule has 0 aliphatic carbocycles. The van der Waals surface area contributed by atoms with Crippen molar-refractivity contribution in [3.8, 4) is 11.3 Å². The summed E-state index contributed by atoms with van der Waals surface area (Å²) in [5, 5.41) is 0. The molecule has 2 aliphatic heterocycles. The van der Waals surface area contributed by atoms with Crippen molar-refractivity contribution in [3.05, 3.63) is 48.2 Å². The molecule has 3 heterocycles. The van der Waals surface area contributed by atoms with Crippen molar-refractivity contribution in [1.82, 2.24) is 14.7 Å². The van der Waals surface area contributed by atoms with Crippen molar-refractivity contribution in [2.75, 3.05) is 59.0 Å². The van der Waals surface area contributed by atoms with Gasteiger partial charge < -0.3 is 19.0 Å². The number of rotatable bonds is 6. The number of carbonyl (C=O) groups is 2. The minimum Gasteiger partial charge on any atom is -0.461 e. The first-order valence-corrected chi connectivity index (χ1v) is 10.7. The Balaban J connectivity index is 1.20. The number of benzene rings is 1. The topological polar surface area (TPSA) is 66.2 Å². The van der Waals surface area contributed by atoms with E-state index in [2.05, 4.69) is 4.90 Å². The Bertz CT molecular complexity index is 837. The van der Waals surface area contributed by atoms with Crippen LogP contribution in [0.2, 0.25) is 0 Å². The maximum Gasteiger partial charge on any atom is 0.236 e. The van der Waals surface area contributed by atoms with E-state index in [9.17, 15) is 9.59 Å². The zero-order valence-electron chi connectivity index (χ0n) is 17.3. The standard InChI is InChI=1S/C23H29N3O4/c27-22(9-7-20-6-8-21(30-20)19-4-2-1-3-5-19)25-10-12-26(13-11-25)23(28)18-24-14-16-29-17-15-24/h1-6,8H,7,9-18H2. The van der Waals surface area contributed by atoms with Gasteiger partial charge in [0, 0.05) is 57.7 Å². The van der Waals surface area contributed by atoms with Crippen LogP contribution in [0.4, 0.5) is 0 Å². The highest BCUT2D eigenvalue weighted by molar-refractivity contribution is 5.79. The normalized spacial score (nSPS) is 17.9. The molecule has 7 heteroatoms. The van der Waals surface area contributed by atoms with E-state index in [1.165, 1.54) is 0 Å². The summed E-state index contributed by atoms with van der Waals surface area (Å²) in [4.78, 5) is 31.0. The molecule has 2 amide bonds. The van der Waals surface area contributed by atoms with Crippen molar-refractivity contribution in [3.63, 3.8) is 0 Å². The first kappa shape index (κ1) is 20.6. The van der Waals surface area contributed by atoms with Crippen molar-refractivity contribution in [2.24, 2.45) is 0 Å². The van der Waals surface area contributed by atoms with Gasteiger partial charge in [-0.05, 0) is 12.1 Å². The first-order valence-electron chi connectivity index (χ1n) is 10.7. The zero-order chi connectivity index (χ0) is 20.8. The maximum atomic E-state index is 12.6. The Morgan fingerprint density at radius 3 is 2.17 bits per heavy atom. The van der Waals surface area contributed by atoms with Gasteiger partial charge in [0.25, 0.3) is 0 Å². The van der Waals surface area contributed by atoms with E-state index in [0.29, 0.717) is 58.8 Å². The highest BCUT2D eigenvalue weighted by atomic mass is 16.5. The van der Waals surface area contributed by atoms with Gasteiger partial charge in [0.15, 0.2) is 0 Å². The van der Waals surface area contributed by atoms with Crippen LogP contribution in [0.3, 0.4) is 0 Å². The van der Waals surface area contributed by atoms with Crippen LogP contribution in [0.25, 0.3) is 11.3 Å². The van der Waals surface area contributed by atoms with Crippen molar-refractivity contribution >= 4 is 11.8 Å². The van der Waals surface area contributed by atoms with Crippen LogP contribution in [0, 0.1) is 0 Å². The molecule has 0 saturated carbocycles. The van der Waals surface area contributed by atoms with Gasteiger partial charge >= 0.3 is 0 Å². The van der Waals surface area contributed by atoms with Crippen LogP contribution >= 0.6 is 0 Å². The van der Waals surface area contributed by atoms with Crippen molar-refractivity contribution < 1.29 is 18.7 Å². The minimum absolute atomic E-state index is 0.118. The summed E-state index contributed by atoms with van der Waals surface area (Å²) in [5.41, 5.74) is 1.04. The van der Waals surface area contributed by atoms with Crippen LogP contribution in [0.5, 0.6) is 0 Å². The zero-order valence-corrected chi connectivity index (χ0v) is 17.3. The Labute approximate surface area is 177 Å². The molecule has 0 N–H and O–H groups in total. The van der Waals surface area contributed by atoms with E-state index in [1.807, 2.05) is 52.3 Å². The van der Waals surface area contributed by atoms with Crippen LogP contribution in [-0.2, 0) is 20.7 Å². The third kappa shape index (κ3) is 5.29. The number of amides is 2. The van der Waals surface area contributed by atoms with E-state index in [0.717, 1.165) is 30.2 Å². The summed E-state index contributed by atoms with van der Waals surface area (Å²) in [6.45, 7) is 5.85. The molecular weight excluding hydrogens is 382 g/mol. The second-order valence-electron chi connectivity index (χ2n) is 7.78. The van der Waals surface area contributed by atoms with Gasteiger partial charge in [-0.3, -0.25) is 14.5 Å². The monoisotopic (exact) mass is 411 g/mol. The molecule has 7 nitrogen and oxygen atoms in total. The first-order chi connectivity index (χ1) is 14.7. The third-order valence-electron chi connectivity index (χ3n) is 5.75. The number of furan rings is 1. The summed E-state index contributed by atoms with van der Waals surface area (Å²) < 4.78 is 11.2. The number of piperazine rings is 1. The average Bonchev–Trinajstić information content (AvgIpc) is 3.28. The Hall–Kier alpha value is -2.64. The summed E-state index contributed by atoms with van der Waals surface area (Å²) in [6.07, 6.45) is 1.01. The summed E-state index contributed by atoms with van der Waals surface area (Å²) >= 11 is 0. The fourth-order valence-electron chi connectivity index (χ4n) is 3.91. The fourth-order valence-corrected chi connectivity index (χ4v) is 3.91. The molecule has 2 fully saturated rings. The van der Waals surface area contributed by atoms with Crippen molar-refractivity contribution in [1.29, 1.82) is 0 Å². The molecule has 4 rings (SSSR count). The Morgan fingerprint density at radius 2 is 1.47 bits per heavy atom. The van der Waals surface area contributed by atoms with Gasteiger partial charge in [-0.15, -0.1) is 0 Å². The lowest BCUT2D eigenvalue weighted by molar-refractivity contribution is -0.140. The molecule has 0 atom stereocenters. The number of hydrogen-bond donors (Lipinski definition) is 0. The second-order valence-corrected chi connectivity index (χ2v) is 7.78. The van der Waals surface area contributed by atoms with E-state index in [-0.39, 0.29) is 11.8 Å². The van der Waals surface area contributed by atoms with E-state index >= 15 is 0 Å². The molecule has 1 aromatic carbocycles. The van der Waals surface area contributed by atoms with Gasteiger partial charge in [-0.2, -0.15) is 0 Å². The number of carbonyl (C=O) groups excluding carboxylic acids is 2. The molecule has 30 heavy (non-hydrogen) atoms. The van der Waals surface area contributed by atoms with E-state index in [4.69, 9.17) is 9.15 Å². The average molecular weight is 412 g/mol. The maximum absolute atomic E-state index is 12.6. The molecule has 0 bridgehead atoms. The second kappa shape index (κ2) is 9.91. The molecule has 0 spiro atoms. The number of nitrogens with zero attached hydrogens (tertiary/aromatic N) is 3. The largest absolute Gasteiger partial charge is 0.461 e. The number of ether oxygens (including phenoxy) is 1. The lowest BCUT2D eigenvalue weighted by Crippen LogP contribution is -2.53. The van der Waals surface area contributed by atoms with Crippen LogP contribution in [0.15, 0.2) is 46.9 Å². The van der Waals surface area contributed by atoms with Gasteiger partial charge in [-0.1, -0.05) is 30.3 Å². The highest BCUT2D eigenvalue weighted by Crippen LogP contribution is 2.22. The van der Waals surface area contributed by atoms with Gasteiger partial charge in [0.1, 0.15) is 11.5 Å². The fraction of sp³-hybridized carbons (Fsp3) is 0.478. The number of aryl methyl sites for hydroxylation is 1. The highest BCUT2D eigenvalue weighted by Gasteiger charge is 2.25. The molecule has 2 aromatic rings. The summed E-state index contributed by atoms with van der Waals surface area (Å²) in [6, 6.07) is 13.8. The van der Waals surface area contributed by atoms with Gasteiger partial charge in [0.2, 0.25) is 11.8 Å². The quantitative estimate of drug-likeness (QED) is 0.726. The predicted molar refractivity (Wildman–Crippen MR) is 113 cm³/mol. The summed E-state index contributed by atoms with van der Waals surface area (Å²) in [5.74, 6) is 1.91. The molecular formula is C23H29N3O4. The van der Waals surface area contributed by atoms with Crippen LogP contribution in [0.1, 0.15) is 12.2 Å². The van der Waals surface area contributed by atoms with E-state index < -0.39 is 0 Å². The molecule has 2 aliphatic rings. The van der Waals surface area contributed by atoms with E-state index in [1.54, 1.807) is 0 Å². The molecule has 0 radical (unpaired) electrons. The van der Waals surface area contributed by atoms with Crippen LogP contribution in [-0.4, -0.2) is 85.5 Å². The van der Waals surface area contributed by atoms with Gasteiger partial charge in [-0.25, -0.2) is 0 Å². The predicted octanol–water partition coefficient (Wildman–Crippen LogP) is 1.88. The number of morpholine rings is 1. The van der Waals surface area contributed by atoms with Crippen LogP contribution < -0.4 is 0 Å². The molecule has 0 unspecified atom stereocenters. The lowest BCUT2D eigenvalue weighted by atomic mass is 10.2. The SMILES string of the molecule is O=C(CCc1ccc(-c2ccccc2)o1)N1CCN(C(=O)CN2CCOCC2)CC1. The van der Waals surface area contributed by atoms with Crippen molar-refractivity contribution in [2.45, 2.75) is 12.8 Å². The molecule has 160 valence electrons. The van der Waals surface area contributed by atoms with Gasteiger partial charge in [0.05, 0.1) is 19.8 Å². The Kier molecular flexibility index (Phi) is 6.81.